The molecule has 96 valence electrons. The molecule has 2 atom stereocenters. The van der Waals surface area contributed by atoms with Gasteiger partial charge in [0, 0.05) is 5.54 Å². The quantitative estimate of drug-likeness (QED) is 0.790. The van der Waals surface area contributed by atoms with Crippen LogP contribution in [0, 0.1) is 5.92 Å². The van der Waals surface area contributed by atoms with Crippen molar-refractivity contribution >= 4 is 0 Å². The number of hydrogen-bond donors (Lipinski definition) is 2. The van der Waals surface area contributed by atoms with Crippen molar-refractivity contribution in [2.75, 3.05) is 13.2 Å². The Bertz CT molecular complexity index is 220. The molecule has 1 aliphatic carbocycles. The molecule has 0 bridgehead atoms. The maximum atomic E-state index is 12.2. The first kappa shape index (κ1) is 13.8. The van der Waals surface area contributed by atoms with Crippen LogP contribution >= 0.6 is 0 Å². The molecule has 1 fully saturated rings. The number of alkyl halides is 3. The minimum Gasteiger partial charge on any atom is -0.394 e. The summed E-state index contributed by atoms with van der Waals surface area (Å²) in [4.78, 5) is 0. The van der Waals surface area contributed by atoms with Crippen LogP contribution in [0.1, 0.15) is 39.0 Å². The van der Waals surface area contributed by atoms with Crippen molar-refractivity contribution in [3.63, 3.8) is 0 Å². The summed E-state index contributed by atoms with van der Waals surface area (Å²) in [6, 6.07) is 0. The third kappa shape index (κ3) is 3.35. The zero-order valence-corrected chi connectivity index (χ0v) is 9.61. The molecule has 1 saturated carbocycles. The van der Waals surface area contributed by atoms with E-state index in [9.17, 15) is 18.3 Å². The Balaban J connectivity index is 2.66. The van der Waals surface area contributed by atoms with Crippen molar-refractivity contribution in [1.29, 1.82) is 0 Å². The van der Waals surface area contributed by atoms with Gasteiger partial charge in [0.15, 0.2) is 0 Å². The van der Waals surface area contributed by atoms with Crippen molar-refractivity contribution in [1.82, 2.24) is 5.32 Å². The highest BCUT2D eigenvalue weighted by molar-refractivity contribution is 4.96. The second kappa shape index (κ2) is 5.36. The SMILES string of the molecule is CCC1CCCCC1(CO)NCC(F)(F)F. The molecule has 1 rings (SSSR count). The smallest absolute Gasteiger partial charge is 0.394 e. The lowest BCUT2D eigenvalue weighted by atomic mass is 9.72. The van der Waals surface area contributed by atoms with Gasteiger partial charge < -0.3 is 10.4 Å². The normalized spacial score (nSPS) is 31.7. The fourth-order valence-corrected chi connectivity index (χ4v) is 2.68. The van der Waals surface area contributed by atoms with E-state index in [2.05, 4.69) is 5.32 Å². The molecule has 2 unspecified atom stereocenters. The average molecular weight is 239 g/mol. The molecular formula is C11H20F3NO. The van der Waals surface area contributed by atoms with Crippen LogP contribution in [0.25, 0.3) is 0 Å². The van der Waals surface area contributed by atoms with Gasteiger partial charge in [-0.1, -0.05) is 26.2 Å². The van der Waals surface area contributed by atoms with E-state index in [4.69, 9.17) is 0 Å². The number of halogens is 3. The molecule has 5 heteroatoms. The summed E-state index contributed by atoms with van der Waals surface area (Å²) in [6.45, 7) is 0.751. The Hall–Kier alpha value is -0.290. The number of aliphatic hydroxyl groups excluding tert-OH is 1. The highest BCUT2D eigenvalue weighted by atomic mass is 19.4. The topological polar surface area (TPSA) is 32.3 Å². The standard InChI is InChI=1S/C11H20F3NO/c1-2-9-5-3-4-6-10(9,8-16)15-7-11(12,13)14/h9,15-16H,2-8H2,1H3. The van der Waals surface area contributed by atoms with E-state index in [0.29, 0.717) is 6.42 Å². The van der Waals surface area contributed by atoms with Crippen LogP contribution in [0.5, 0.6) is 0 Å². The average Bonchev–Trinajstić information content (AvgIpc) is 2.25. The van der Waals surface area contributed by atoms with Gasteiger partial charge in [0.05, 0.1) is 13.2 Å². The van der Waals surface area contributed by atoms with Crippen molar-refractivity contribution in [3.8, 4) is 0 Å². The molecule has 0 spiro atoms. The van der Waals surface area contributed by atoms with Crippen LogP contribution in [-0.4, -0.2) is 30.0 Å². The van der Waals surface area contributed by atoms with Gasteiger partial charge in [-0.25, -0.2) is 0 Å². The Morgan fingerprint density at radius 3 is 2.56 bits per heavy atom. The van der Waals surface area contributed by atoms with Crippen LogP contribution in [0.4, 0.5) is 13.2 Å². The first-order chi connectivity index (χ1) is 7.43. The second-order valence-corrected chi connectivity index (χ2v) is 4.63. The summed E-state index contributed by atoms with van der Waals surface area (Å²) in [7, 11) is 0. The van der Waals surface area contributed by atoms with E-state index in [1.54, 1.807) is 0 Å². The fraction of sp³-hybridized carbons (Fsp3) is 1.00. The molecule has 0 saturated heterocycles. The zero-order chi connectivity index (χ0) is 12.2. The van der Waals surface area contributed by atoms with Gasteiger partial charge in [-0.3, -0.25) is 0 Å². The zero-order valence-electron chi connectivity index (χ0n) is 9.61. The first-order valence-electron chi connectivity index (χ1n) is 5.86. The van der Waals surface area contributed by atoms with Crippen molar-refractivity contribution in [2.45, 2.75) is 50.7 Å². The lowest BCUT2D eigenvalue weighted by molar-refractivity contribution is -0.133. The lowest BCUT2D eigenvalue weighted by Crippen LogP contribution is -2.57. The Morgan fingerprint density at radius 1 is 1.38 bits per heavy atom. The van der Waals surface area contributed by atoms with E-state index in [-0.39, 0.29) is 12.5 Å². The monoisotopic (exact) mass is 239 g/mol. The molecule has 0 amide bonds. The molecule has 0 radical (unpaired) electrons. The second-order valence-electron chi connectivity index (χ2n) is 4.63. The van der Waals surface area contributed by atoms with E-state index < -0.39 is 18.3 Å². The number of aliphatic hydroxyl groups is 1. The molecule has 0 aromatic rings. The predicted molar refractivity (Wildman–Crippen MR) is 56.1 cm³/mol. The summed E-state index contributed by atoms with van der Waals surface area (Å²) in [5.41, 5.74) is -0.720. The minimum absolute atomic E-state index is 0.147. The maximum absolute atomic E-state index is 12.2. The van der Waals surface area contributed by atoms with Crippen molar-refractivity contribution in [2.24, 2.45) is 5.92 Å². The van der Waals surface area contributed by atoms with Crippen molar-refractivity contribution < 1.29 is 18.3 Å². The van der Waals surface area contributed by atoms with E-state index >= 15 is 0 Å². The first-order valence-corrected chi connectivity index (χ1v) is 5.86. The Labute approximate surface area is 94.2 Å². The molecule has 1 aliphatic rings. The van der Waals surface area contributed by atoms with Gasteiger partial charge in [-0.15, -0.1) is 0 Å². The molecule has 0 aromatic heterocycles. The van der Waals surface area contributed by atoms with Crippen LogP contribution in [-0.2, 0) is 0 Å². The summed E-state index contributed by atoms with van der Waals surface area (Å²) in [6.07, 6.45) is 0.0825. The van der Waals surface area contributed by atoms with Gasteiger partial charge in [0.1, 0.15) is 0 Å². The fourth-order valence-electron chi connectivity index (χ4n) is 2.68. The van der Waals surface area contributed by atoms with Crippen molar-refractivity contribution in [3.05, 3.63) is 0 Å². The molecule has 16 heavy (non-hydrogen) atoms. The van der Waals surface area contributed by atoms with E-state index in [1.807, 2.05) is 6.92 Å². The molecular weight excluding hydrogens is 219 g/mol. The number of nitrogens with one attached hydrogen (secondary N) is 1. The minimum atomic E-state index is -4.21. The predicted octanol–water partition coefficient (Wildman–Crippen LogP) is 2.47. The summed E-state index contributed by atoms with van der Waals surface area (Å²) < 4.78 is 36.6. The third-order valence-electron chi connectivity index (χ3n) is 3.62. The lowest BCUT2D eigenvalue weighted by Gasteiger charge is -2.43. The molecule has 2 N–H and O–H groups in total. The van der Waals surface area contributed by atoms with Crippen LogP contribution in [0.15, 0.2) is 0 Å². The summed E-state index contributed by atoms with van der Waals surface area (Å²) in [5, 5.41) is 12.0. The Kier molecular flexibility index (Phi) is 4.62. The highest BCUT2D eigenvalue weighted by Crippen LogP contribution is 2.36. The largest absolute Gasteiger partial charge is 0.401 e. The Morgan fingerprint density at radius 2 is 2.06 bits per heavy atom. The number of rotatable bonds is 4. The molecule has 2 nitrogen and oxygen atoms in total. The van der Waals surface area contributed by atoms with E-state index in [0.717, 1.165) is 25.7 Å². The van der Waals surface area contributed by atoms with Gasteiger partial charge in [0.2, 0.25) is 0 Å². The molecule has 0 aliphatic heterocycles. The molecule has 0 aromatic carbocycles. The highest BCUT2D eigenvalue weighted by Gasteiger charge is 2.41. The van der Waals surface area contributed by atoms with E-state index in [1.165, 1.54) is 0 Å². The summed E-state index contributed by atoms with van der Waals surface area (Å²) >= 11 is 0. The third-order valence-corrected chi connectivity index (χ3v) is 3.62. The van der Waals surface area contributed by atoms with Crippen LogP contribution in [0.3, 0.4) is 0 Å². The van der Waals surface area contributed by atoms with Gasteiger partial charge >= 0.3 is 6.18 Å². The summed E-state index contributed by atoms with van der Waals surface area (Å²) in [5.74, 6) is 0.147. The van der Waals surface area contributed by atoms with Crippen LogP contribution < -0.4 is 5.32 Å². The van der Waals surface area contributed by atoms with Gasteiger partial charge in [0.25, 0.3) is 0 Å². The number of hydrogen-bond acceptors (Lipinski definition) is 2. The molecule has 0 heterocycles. The van der Waals surface area contributed by atoms with Gasteiger partial charge in [-0.2, -0.15) is 13.2 Å². The van der Waals surface area contributed by atoms with Crippen LogP contribution in [0.2, 0.25) is 0 Å². The van der Waals surface area contributed by atoms with Gasteiger partial charge in [-0.05, 0) is 18.8 Å². The maximum Gasteiger partial charge on any atom is 0.401 e.